The molecule has 1 N–H and O–H groups in total. The highest BCUT2D eigenvalue weighted by Crippen LogP contribution is 2.65. The third-order valence-corrected chi connectivity index (χ3v) is 6.89. The summed E-state index contributed by atoms with van der Waals surface area (Å²) in [5, 5.41) is 13.1. The Bertz CT molecular complexity index is 381. The average Bonchev–Trinajstić information content (AvgIpc) is 2.91. The van der Waals surface area contributed by atoms with Crippen molar-refractivity contribution >= 4 is 0 Å². The number of nitriles is 1. The molecule has 0 aromatic rings. The van der Waals surface area contributed by atoms with Crippen LogP contribution in [0.4, 0.5) is 0 Å². The van der Waals surface area contributed by atoms with Gasteiger partial charge in [0.05, 0.1) is 12.0 Å². The maximum absolute atomic E-state index is 9.22. The molecule has 18 heavy (non-hydrogen) atoms. The number of hydrogen-bond acceptors (Lipinski definition) is 2. The molecule has 3 saturated carbocycles. The van der Waals surface area contributed by atoms with Gasteiger partial charge in [-0.3, -0.25) is 0 Å². The van der Waals surface area contributed by atoms with Crippen LogP contribution in [0.2, 0.25) is 0 Å². The molecule has 2 bridgehead atoms. The van der Waals surface area contributed by atoms with E-state index in [1.54, 1.807) is 0 Å². The van der Waals surface area contributed by atoms with Crippen LogP contribution >= 0.6 is 0 Å². The fraction of sp³-hybridized carbons (Fsp3) is 0.938. The van der Waals surface area contributed by atoms with Gasteiger partial charge in [-0.25, -0.2) is 0 Å². The summed E-state index contributed by atoms with van der Waals surface area (Å²) in [5.74, 6) is 1.15. The van der Waals surface area contributed by atoms with E-state index in [9.17, 15) is 5.26 Å². The van der Waals surface area contributed by atoms with Crippen LogP contribution in [0.5, 0.6) is 0 Å². The highest BCUT2D eigenvalue weighted by atomic mass is 15.0. The van der Waals surface area contributed by atoms with Crippen molar-refractivity contribution in [1.82, 2.24) is 5.32 Å². The van der Waals surface area contributed by atoms with Crippen LogP contribution < -0.4 is 5.32 Å². The van der Waals surface area contributed by atoms with Crippen LogP contribution in [-0.4, -0.2) is 12.1 Å². The largest absolute Gasteiger partial charge is 0.309 e. The summed E-state index contributed by atoms with van der Waals surface area (Å²) in [6.07, 6.45) is 7.64. The van der Waals surface area contributed by atoms with Gasteiger partial charge in [0.2, 0.25) is 0 Å². The standard InChI is InChI=1S/C16H26N2/c1-15(2)12-7-8-16(15,3)14(9-12)18-13-6-4-5-11(13)10-17/h11-14,18H,4-9H2,1-3H3. The fourth-order valence-corrected chi connectivity index (χ4v) is 5.03. The molecule has 5 atom stereocenters. The van der Waals surface area contributed by atoms with E-state index >= 15 is 0 Å². The van der Waals surface area contributed by atoms with Gasteiger partial charge in [0, 0.05) is 12.1 Å². The van der Waals surface area contributed by atoms with Gasteiger partial charge in [-0.15, -0.1) is 0 Å². The zero-order chi connectivity index (χ0) is 13.0. The molecule has 3 aliphatic carbocycles. The topological polar surface area (TPSA) is 35.8 Å². The minimum absolute atomic E-state index is 0.260. The molecule has 3 fully saturated rings. The normalized spacial score (nSPS) is 49.4. The lowest BCUT2D eigenvalue weighted by molar-refractivity contribution is 0.113. The predicted molar refractivity (Wildman–Crippen MR) is 72.9 cm³/mol. The summed E-state index contributed by atoms with van der Waals surface area (Å²) in [4.78, 5) is 0. The Morgan fingerprint density at radius 1 is 1.17 bits per heavy atom. The number of rotatable bonds is 2. The van der Waals surface area contributed by atoms with Crippen LogP contribution in [-0.2, 0) is 0 Å². The molecule has 0 aromatic heterocycles. The van der Waals surface area contributed by atoms with Gasteiger partial charge < -0.3 is 5.32 Å². The molecule has 0 spiro atoms. The Morgan fingerprint density at radius 2 is 1.94 bits per heavy atom. The summed E-state index contributed by atoms with van der Waals surface area (Å²) < 4.78 is 0. The molecule has 0 heterocycles. The van der Waals surface area contributed by atoms with E-state index in [0.717, 1.165) is 12.3 Å². The van der Waals surface area contributed by atoms with Gasteiger partial charge in [-0.1, -0.05) is 27.2 Å². The van der Waals surface area contributed by atoms with E-state index in [2.05, 4.69) is 32.2 Å². The SMILES string of the molecule is CC1(C)C2CCC1(C)C(NC1CCCC1C#N)C2. The Labute approximate surface area is 111 Å². The maximum atomic E-state index is 9.22. The van der Waals surface area contributed by atoms with Crippen molar-refractivity contribution < 1.29 is 0 Å². The van der Waals surface area contributed by atoms with Gasteiger partial charge in [0.1, 0.15) is 0 Å². The van der Waals surface area contributed by atoms with Crippen LogP contribution in [0.1, 0.15) is 59.3 Å². The highest BCUT2D eigenvalue weighted by Gasteiger charge is 2.61. The number of hydrogen-bond donors (Lipinski definition) is 1. The third-order valence-electron chi connectivity index (χ3n) is 6.89. The van der Waals surface area contributed by atoms with Crippen LogP contribution in [0, 0.1) is 34.0 Å². The van der Waals surface area contributed by atoms with Gasteiger partial charge in [-0.05, 0) is 48.9 Å². The molecule has 5 unspecified atom stereocenters. The molecule has 0 amide bonds. The second-order valence-electron chi connectivity index (χ2n) is 7.60. The smallest absolute Gasteiger partial charge is 0.0672 e. The number of nitrogens with one attached hydrogen (secondary N) is 1. The second kappa shape index (κ2) is 3.97. The summed E-state index contributed by atoms with van der Waals surface area (Å²) in [5.41, 5.74) is 0.922. The lowest BCUT2D eigenvalue weighted by Crippen LogP contribution is -2.49. The van der Waals surface area contributed by atoms with Crippen molar-refractivity contribution in [3.63, 3.8) is 0 Å². The van der Waals surface area contributed by atoms with Crippen LogP contribution in [0.15, 0.2) is 0 Å². The first-order chi connectivity index (χ1) is 8.49. The fourth-order valence-electron chi connectivity index (χ4n) is 5.03. The highest BCUT2D eigenvalue weighted by molar-refractivity contribution is 5.14. The van der Waals surface area contributed by atoms with Crippen LogP contribution in [0.25, 0.3) is 0 Å². The molecule has 2 nitrogen and oxygen atoms in total. The predicted octanol–water partition coefficient (Wildman–Crippen LogP) is 3.48. The van der Waals surface area contributed by atoms with E-state index in [-0.39, 0.29) is 5.92 Å². The minimum atomic E-state index is 0.260. The third kappa shape index (κ3) is 1.50. The first-order valence-electron chi connectivity index (χ1n) is 7.65. The number of nitrogens with zero attached hydrogens (tertiary/aromatic N) is 1. The van der Waals surface area contributed by atoms with Crippen molar-refractivity contribution in [1.29, 1.82) is 5.26 Å². The molecule has 0 aliphatic heterocycles. The Kier molecular flexibility index (Phi) is 2.75. The zero-order valence-corrected chi connectivity index (χ0v) is 12.0. The van der Waals surface area contributed by atoms with Crippen molar-refractivity contribution in [3.8, 4) is 6.07 Å². The van der Waals surface area contributed by atoms with E-state index in [0.29, 0.717) is 22.9 Å². The van der Waals surface area contributed by atoms with Gasteiger partial charge >= 0.3 is 0 Å². The van der Waals surface area contributed by atoms with Crippen molar-refractivity contribution in [2.75, 3.05) is 0 Å². The Morgan fingerprint density at radius 3 is 2.50 bits per heavy atom. The molecule has 0 aromatic carbocycles. The molecular weight excluding hydrogens is 220 g/mol. The average molecular weight is 246 g/mol. The summed E-state index contributed by atoms with van der Waals surface area (Å²) >= 11 is 0. The summed E-state index contributed by atoms with van der Waals surface area (Å²) in [7, 11) is 0. The van der Waals surface area contributed by atoms with Crippen molar-refractivity contribution in [2.45, 2.75) is 71.4 Å². The van der Waals surface area contributed by atoms with Crippen LogP contribution in [0.3, 0.4) is 0 Å². The monoisotopic (exact) mass is 246 g/mol. The van der Waals surface area contributed by atoms with E-state index in [4.69, 9.17) is 0 Å². The van der Waals surface area contributed by atoms with E-state index in [1.807, 2.05) is 0 Å². The zero-order valence-electron chi connectivity index (χ0n) is 12.0. The maximum Gasteiger partial charge on any atom is 0.0672 e. The number of fused-ring (bicyclic) bond motifs is 2. The molecule has 100 valence electrons. The first-order valence-corrected chi connectivity index (χ1v) is 7.65. The molecule has 3 aliphatic rings. The molecule has 3 rings (SSSR count). The molecule has 0 saturated heterocycles. The van der Waals surface area contributed by atoms with Gasteiger partial charge in [0.15, 0.2) is 0 Å². The lowest BCUT2D eigenvalue weighted by Gasteiger charge is -2.41. The van der Waals surface area contributed by atoms with Gasteiger partial charge in [0.25, 0.3) is 0 Å². The Balaban J connectivity index is 1.74. The van der Waals surface area contributed by atoms with E-state index < -0.39 is 0 Å². The summed E-state index contributed by atoms with van der Waals surface area (Å²) in [6.45, 7) is 7.40. The molecule has 0 radical (unpaired) electrons. The summed E-state index contributed by atoms with van der Waals surface area (Å²) in [6, 6.07) is 3.61. The van der Waals surface area contributed by atoms with E-state index in [1.165, 1.54) is 32.1 Å². The Hall–Kier alpha value is -0.550. The van der Waals surface area contributed by atoms with Crippen molar-refractivity contribution in [2.24, 2.45) is 22.7 Å². The minimum Gasteiger partial charge on any atom is -0.309 e. The first kappa shape index (κ1) is 12.5. The van der Waals surface area contributed by atoms with Crippen molar-refractivity contribution in [3.05, 3.63) is 0 Å². The molecular formula is C16H26N2. The van der Waals surface area contributed by atoms with Gasteiger partial charge in [-0.2, -0.15) is 5.26 Å². The second-order valence-corrected chi connectivity index (χ2v) is 7.60. The lowest BCUT2D eigenvalue weighted by atomic mass is 9.69. The quantitative estimate of drug-likeness (QED) is 0.809. The molecule has 2 heteroatoms.